The molecule has 0 radical (unpaired) electrons. The minimum absolute atomic E-state index is 0.869. The molecule has 90 valence electrons. The Balaban J connectivity index is 2.15. The van der Waals surface area contributed by atoms with Gasteiger partial charge in [0.05, 0.1) is 9.99 Å². The highest BCUT2D eigenvalue weighted by molar-refractivity contribution is 9.13. The van der Waals surface area contributed by atoms with Crippen LogP contribution in [0.4, 0.5) is 0 Å². The first-order valence-electron chi connectivity index (χ1n) is 5.73. The molecule has 0 aliphatic heterocycles. The molecule has 0 saturated carbocycles. The summed E-state index contributed by atoms with van der Waals surface area (Å²) in [6.07, 6.45) is 0. The molecule has 3 rings (SSSR count). The number of rotatable bonds is 2. The number of benzene rings is 2. The highest BCUT2D eigenvalue weighted by atomic mass is 79.9. The molecule has 0 amide bonds. The Kier molecular flexibility index (Phi) is 3.27. The van der Waals surface area contributed by atoms with Crippen LogP contribution in [-0.2, 0) is 6.54 Å². The zero-order valence-corrected chi connectivity index (χ0v) is 12.8. The van der Waals surface area contributed by atoms with Gasteiger partial charge < -0.3 is 4.57 Å². The fourth-order valence-corrected chi connectivity index (χ4v) is 3.23. The predicted octanol–water partition coefficient (Wildman–Crippen LogP) is 5.21. The van der Waals surface area contributed by atoms with Crippen molar-refractivity contribution in [1.29, 1.82) is 0 Å². The second-order valence-corrected chi connectivity index (χ2v) is 5.74. The van der Waals surface area contributed by atoms with E-state index in [2.05, 4.69) is 85.0 Å². The van der Waals surface area contributed by atoms with Crippen LogP contribution in [0.25, 0.3) is 10.9 Å². The topological polar surface area (TPSA) is 4.93 Å². The van der Waals surface area contributed by atoms with E-state index in [1.165, 1.54) is 16.5 Å². The summed E-state index contributed by atoms with van der Waals surface area (Å²) >= 11 is 7.31. The van der Waals surface area contributed by atoms with E-state index in [0.29, 0.717) is 0 Å². The average molecular weight is 365 g/mol. The summed E-state index contributed by atoms with van der Waals surface area (Å²) in [5.74, 6) is 0. The lowest BCUT2D eigenvalue weighted by molar-refractivity contribution is 0.815. The third kappa shape index (κ3) is 2.02. The molecule has 1 heterocycles. The van der Waals surface area contributed by atoms with Gasteiger partial charge in [-0.05, 0) is 43.5 Å². The SMILES string of the molecule is Brc1c(Br)n(Cc2ccccc2)c2ccccc12. The standard InChI is InChI=1S/C15H11Br2N/c16-14-12-8-4-5-9-13(12)18(15(14)17)10-11-6-2-1-3-7-11/h1-9H,10H2. The average Bonchev–Trinajstić information content (AvgIpc) is 2.66. The van der Waals surface area contributed by atoms with E-state index in [-0.39, 0.29) is 0 Å². The van der Waals surface area contributed by atoms with Crippen LogP contribution in [0.5, 0.6) is 0 Å². The van der Waals surface area contributed by atoms with Crippen molar-refractivity contribution in [3.63, 3.8) is 0 Å². The fraction of sp³-hybridized carbons (Fsp3) is 0.0667. The summed E-state index contributed by atoms with van der Waals surface area (Å²) in [4.78, 5) is 0. The smallest absolute Gasteiger partial charge is 0.100 e. The van der Waals surface area contributed by atoms with Crippen molar-refractivity contribution in [2.45, 2.75) is 6.54 Å². The van der Waals surface area contributed by atoms with Crippen molar-refractivity contribution < 1.29 is 0 Å². The number of hydrogen-bond acceptors (Lipinski definition) is 0. The summed E-state index contributed by atoms with van der Waals surface area (Å²) in [7, 11) is 0. The largest absolute Gasteiger partial charge is 0.330 e. The van der Waals surface area contributed by atoms with Gasteiger partial charge in [-0.15, -0.1) is 0 Å². The second kappa shape index (κ2) is 4.90. The number of fused-ring (bicyclic) bond motifs is 1. The summed E-state index contributed by atoms with van der Waals surface area (Å²) in [5, 5.41) is 1.24. The maximum Gasteiger partial charge on any atom is 0.100 e. The van der Waals surface area contributed by atoms with Gasteiger partial charge >= 0.3 is 0 Å². The summed E-state index contributed by atoms with van der Waals surface area (Å²) in [6.45, 7) is 0.869. The monoisotopic (exact) mass is 363 g/mol. The van der Waals surface area contributed by atoms with E-state index in [0.717, 1.165) is 15.6 Å². The van der Waals surface area contributed by atoms with Crippen molar-refractivity contribution in [2.75, 3.05) is 0 Å². The Morgan fingerprint density at radius 2 is 1.50 bits per heavy atom. The van der Waals surface area contributed by atoms with E-state index in [9.17, 15) is 0 Å². The second-order valence-electron chi connectivity index (χ2n) is 4.19. The van der Waals surface area contributed by atoms with Crippen LogP contribution in [0.2, 0.25) is 0 Å². The third-order valence-electron chi connectivity index (χ3n) is 3.03. The highest BCUT2D eigenvalue weighted by Crippen LogP contribution is 2.35. The number of aromatic nitrogens is 1. The van der Waals surface area contributed by atoms with Crippen LogP contribution < -0.4 is 0 Å². The molecule has 0 N–H and O–H groups in total. The minimum atomic E-state index is 0.869. The van der Waals surface area contributed by atoms with E-state index in [1.54, 1.807) is 0 Å². The first kappa shape index (κ1) is 12.0. The van der Waals surface area contributed by atoms with Crippen molar-refractivity contribution in [3.05, 3.63) is 69.2 Å². The van der Waals surface area contributed by atoms with Crippen LogP contribution in [-0.4, -0.2) is 4.57 Å². The molecule has 0 atom stereocenters. The lowest BCUT2D eigenvalue weighted by Crippen LogP contribution is -1.99. The molecule has 3 aromatic rings. The maximum absolute atomic E-state index is 3.67. The zero-order valence-electron chi connectivity index (χ0n) is 9.61. The molecule has 3 heteroatoms. The van der Waals surface area contributed by atoms with Gasteiger partial charge in [-0.2, -0.15) is 0 Å². The van der Waals surface area contributed by atoms with Crippen LogP contribution in [0, 0.1) is 0 Å². The van der Waals surface area contributed by atoms with Crippen LogP contribution in [0.1, 0.15) is 5.56 Å². The quantitative estimate of drug-likeness (QED) is 0.587. The summed E-state index contributed by atoms with van der Waals surface area (Å²) < 4.78 is 4.48. The molecule has 1 aromatic heterocycles. The van der Waals surface area contributed by atoms with Gasteiger partial charge in [0, 0.05) is 11.9 Å². The molecule has 0 spiro atoms. The van der Waals surface area contributed by atoms with Gasteiger partial charge in [0.1, 0.15) is 4.60 Å². The first-order valence-corrected chi connectivity index (χ1v) is 7.32. The Hall–Kier alpha value is -1.06. The van der Waals surface area contributed by atoms with E-state index in [1.807, 2.05) is 6.07 Å². The fourth-order valence-electron chi connectivity index (χ4n) is 2.15. The molecule has 2 aromatic carbocycles. The number of halogens is 2. The molecule has 1 nitrogen and oxygen atoms in total. The molecule has 0 saturated heterocycles. The van der Waals surface area contributed by atoms with E-state index >= 15 is 0 Å². The van der Waals surface area contributed by atoms with Gasteiger partial charge in [0.25, 0.3) is 0 Å². The Bertz CT molecular complexity index is 686. The third-order valence-corrected chi connectivity index (χ3v) is 5.19. The summed E-state index contributed by atoms with van der Waals surface area (Å²) in [6, 6.07) is 18.9. The van der Waals surface area contributed by atoms with E-state index < -0.39 is 0 Å². The normalized spacial score (nSPS) is 11.0. The molecule has 18 heavy (non-hydrogen) atoms. The number of para-hydroxylation sites is 1. The molecular formula is C15H11Br2N. The lowest BCUT2D eigenvalue weighted by Gasteiger charge is -2.07. The van der Waals surface area contributed by atoms with Crippen LogP contribution >= 0.6 is 31.9 Å². The molecule has 0 aliphatic carbocycles. The Morgan fingerprint density at radius 1 is 0.833 bits per heavy atom. The maximum atomic E-state index is 3.67. The first-order chi connectivity index (χ1) is 8.77. The van der Waals surface area contributed by atoms with Gasteiger partial charge in [-0.25, -0.2) is 0 Å². The number of nitrogens with zero attached hydrogens (tertiary/aromatic N) is 1. The lowest BCUT2D eigenvalue weighted by atomic mass is 10.2. The molecule has 0 aliphatic rings. The molecular weight excluding hydrogens is 354 g/mol. The highest BCUT2D eigenvalue weighted by Gasteiger charge is 2.12. The van der Waals surface area contributed by atoms with Gasteiger partial charge in [-0.3, -0.25) is 0 Å². The van der Waals surface area contributed by atoms with Crippen molar-refractivity contribution in [3.8, 4) is 0 Å². The van der Waals surface area contributed by atoms with Gasteiger partial charge in [0.2, 0.25) is 0 Å². The zero-order chi connectivity index (χ0) is 12.5. The van der Waals surface area contributed by atoms with Crippen LogP contribution in [0.15, 0.2) is 63.7 Å². The predicted molar refractivity (Wildman–Crippen MR) is 82.9 cm³/mol. The molecule has 0 bridgehead atoms. The van der Waals surface area contributed by atoms with Gasteiger partial charge in [-0.1, -0.05) is 48.5 Å². The van der Waals surface area contributed by atoms with Gasteiger partial charge in [0.15, 0.2) is 0 Å². The van der Waals surface area contributed by atoms with Crippen molar-refractivity contribution in [2.24, 2.45) is 0 Å². The van der Waals surface area contributed by atoms with E-state index in [4.69, 9.17) is 0 Å². The minimum Gasteiger partial charge on any atom is -0.330 e. The summed E-state index contributed by atoms with van der Waals surface area (Å²) in [5.41, 5.74) is 2.53. The van der Waals surface area contributed by atoms with Crippen LogP contribution in [0.3, 0.4) is 0 Å². The Morgan fingerprint density at radius 3 is 2.28 bits per heavy atom. The van der Waals surface area contributed by atoms with Crippen molar-refractivity contribution in [1.82, 2.24) is 4.57 Å². The molecule has 0 unspecified atom stereocenters. The Labute approximate surface area is 123 Å². The molecule has 0 fully saturated rings. The van der Waals surface area contributed by atoms with Crippen molar-refractivity contribution >= 4 is 42.8 Å². The number of hydrogen-bond donors (Lipinski definition) is 0.